The van der Waals surface area contributed by atoms with Crippen LogP contribution in [0.25, 0.3) is 0 Å². The Kier molecular flexibility index (Phi) is 51.0. The van der Waals surface area contributed by atoms with E-state index >= 15 is 0 Å². The fraction of sp³-hybridized carbons (Fsp3) is 0.981. The molecule has 0 spiro atoms. The molecule has 0 aromatic rings. The first-order valence-electron chi connectivity index (χ1n) is 26.5. The lowest BCUT2D eigenvalue weighted by molar-refractivity contribution is -0.143. The van der Waals surface area contributed by atoms with Crippen molar-refractivity contribution in [2.75, 3.05) is 6.61 Å². The van der Waals surface area contributed by atoms with Crippen molar-refractivity contribution in [1.82, 2.24) is 0 Å². The molecule has 0 amide bonds. The Hall–Kier alpha value is -0.530. The van der Waals surface area contributed by atoms with E-state index in [-0.39, 0.29) is 5.97 Å². The third-order valence-corrected chi connectivity index (χ3v) is 12.5. The van der Waals surface area contributed by atoms with Gasteiger partial charge < -0.3 is 4.74 Å². The Morgan fingerprint density at radius 1 is 0.236 bits per heavy atom. The summed E-state index contributed by atoms with van der Waals surface area (Å²) in [5.41, 5.74) is 0. The number of hydrogen-bond donors (Lipinski definition) is 0. The van der Waals surface area contributed by atoms with Gasteiger partial charge in [0.1, 0.15) is 0 Å². The van der Waals surface area contributed by atoms with Crippen LogP contribution in [0.3, 0.4) is 0 Å². The van der Waals surface area contributed by atoms with E-state index in [0.29, 0.717) is 13.0 Å². The van der Waals surface area contributed by atoms with Crippen molar-refractivity contribution >= 4 is 5.97 Å². The van der Waals surface area contributed by atoms with Crippen LogP contribution in [0.2, 0.25) is 0 Å². The van der Waals surface area contributed by atoms with Gasteiger partial charge in [0, 0.05) is 6.42 Å². The van der Waals surface area contributed by atoms with Gasteiger partial charge in [0.25, 0.3) is 0 Å². The third-order valence-electron chi connectivity index (χ3n) is 12.5. The van der Waals surface area contributed by atoms with Gasteiger partial charge in [-0.25, -0.2) is 0 Å². The van der Waals surface area contributed by atoms with E-state index in [4.69, 9.17) is 4.74 Å². The maximum atomic E-state index is 12.0. The number of esters is 1. The number of unbranched alkanes of at least 4 members (excludes halogenated alkanes) is 46. The molecule has 0 atom stereocenters. The molecule has 0 radical (unpaired) electrons. The molecule has 0 saturated carbocycles. The summed E-state index contributed by atoms with van der Waals surface area (Å²) in [7, 11) is 0. The number of hydrogen-bond acceptors (Lipinski definition) is 2. The van der Waals surface area contributed by atoms with E-state index in [1.807, 2.05) is 0 Å². The van der Waals surface area contributed by atoms with Gasteiger partial charge in [-0.1, -0.05) is 309 Å². The third kappa shape index (κ3) is 51.5. The molecule has 0 heterocycles. The van der Waals surface area contributed by atoms with Crippen LogP contribution in [0, 0.1) is 0 Å². The molecule has 0 fully saturated rings. The standard InChI is InChI=1S/C53H106O2/c1-3-5-7-9-11-13-15-17-19-20-21-22-23-24-25-26-27-28-29-30-31-32-33-34-35-36-37-38-39-41-43-45-47-49-51-53(54)55-52-50-48-46-44-42-40-18-16-14-12-10-8-6-4-2/h3-52H2,1-2H3. The molecular formula is C53H106O2. The van der Waals surface area contributed by atoms with E-state index < -0.39 is 0 Å². The molecular weight excluding hydrogens is 669 g/mol. The zero-order chi connectivity index (χ0) is 39.6. The molecule has 0 unspecified atom stereocenters. The van der Waals surface area contributed by atoms with Crippen LogP contribution in [0.5, 0.6) is 0 Å². The largest absolute Gasteiger partial charge is 0.466 e. The van der Waals surface area contributed by atoms with Crippen molar-refractivity contribution in [2.24, 2.45) is 0 Å². The van der Waals surface area contributed by atoms with Crippen LogP contribution in [0.4, 0.5) is 0 Å². The summed E-state index contributed by atoms with van der Waals surface area (Å²) >= 11 is 0. The molecule has 2 heteroatoms. The second-order valence-electron chi connectivity index (χ2n) is 18.2. The highest BCUT2D eigenvalue weighted by atomic mass is 16.5. The minimum Gasteiger partial charge on any atom is -0.466 e. The zero-order valence-corrected chi connectivity index (χ0v) is 38.7. The van der Waals surface area contributed by atoms with E-state index in [0.717, 1.165) is 12.8 Å². The summed E-state index contributed by atoms with van der Waals surface area (Å²) in [5.74, 6) is 0.0330. The van der Waals surface area contributed by atoms with Crippen LogP contribution in [0.15, 0.2) is 0 Å². The van der Waals surface area contributed by atoms with E-state index in [9.17, 15) is 4.79 Å². The van der Waals surface area contributed by atoms with Crippen LogP contribution in [0.1, 0.15) is 328 Å². The van der Waals surface area contributed by atoms with Gasteiger partial charge >= 0.3 is 5.97 Å². The molecule has 0 aromatic heterocycles. The summed E-state index contributed by atoms with van der Waals surface area (Å²) in [4.78, 5) is 12.0. The molecule has 0 aliphatic heterocycles. The molecule has 0 bridgehead atoms. The minimum atomic E-state index is 0.0330. The Bertz CT molecular complexity index is 673. The number of rotatable bonds is 50. The predicted molar refractivity (Wildman–Crippen MR) is 249 cm³/mol. The van der Waals surface area contributed by atoms with E-state index in [1.54, 1.807) is 0 Å². The zero-order valence-electron chi connectivity index (χ0n) is 38.7. The van der Waals surface area contributed by atoms with Gasteiger partial charge in [0.15, 0.2) is 0 Å². The van der Waals surface area contributed by atoms with E-state index in [1.165, 1.54) is 295 Å². The van der Waals surface area contributed by atoms with Gasteiger partial charge in [-0.15, -0.1) is 0 Å². The molecule has 0 aromatic carbocycles. The molecule has 0 saturated heterocycles. The van der Waals surface area contributed by atoms with Crippen LogP contribution in [-0.2, 0) is 9.53 Å². The topological polar surface area (TPSA) is 26.3 Å². The van der Waals surface area contributed by atoms with E-state index in [2.05, 4.69) is 13.8 Å². The molecule has 0 rings (SSSR count). The lowest BCUT2D eigenvalue weighted by Crippen LogP contribution is -2.05. The predicted octanol–water partition coefficient (Wildman–Crippen LogP) is 19.7. The Morgan fingerprint density at radius 2 is 0.400 bits per heavy atom. The first-order valence-corrected chi connectivity index (χ1v) is 26.5. The smallest absolute Gasteiger partial charge is 0.305 e. The molecule has 55 heavy (non-hydrogen) atoms. The second-order valence-corrected chi connectivity index (χ2v) is 18.2. The van der Waals surface area contributed by atoms with Crippen molar-refractivity contribution in [3.05, 3.63) is 0 Å². The van der Waals surface area contributed by atoms with Gasteiger partial charge in [0.05, 0.1) is 6.61 Å². The normalized spacial score (nSPS) is 11.5. The Balaban J connectivity index is 3.12. The van der Waals surface area contributed by atoms with Crippen LogP contribution in [-0.4, -0.2) is 12.6 Å². The summed E-state index contributed by atoms with van der Waals surface area (Å²) < 4.78 is 5.48. The molecule has 330 valence electrons. The fourth-order valence-corrected chi connectivity index (χ4v) is 8.55. The van der Waals surface area contributed by atoms with Crippen LogP contribution < -0.4 is 0 Å². The van der Waals surface area contributed by atoms with Gasteiger partial charge in [0.2, 0.25) is 0 Å². The summed E-state index contributed by atoms with van der Waals surface area (Å²) in [6.07, 6.45) is 68.4. The number of carbonyl (C=O) groups excluding carboxylic acids is 1. The maximum absolute atomic E-state index is 12.0. The number of ether oxygens (including phenoxy) is 1. The molecule has 0 aliphatic carbocycles. The first kappa shape index (κ1) is 54.5. The summed E-state index contributed by atoms with van der Waals surface area (Å²) in [5, 5.41) is 0. The molecule has 0 aliphatic rings. The molecule has 0 N–H and O–H groups in total. The fourth-order valence-electron chi connectivity index (χ4n) is 8.55. The SMILES string of the molecule is CCCCCCCCCCCCCCCCCCCCCCCCCCCCCCCCCCCCC(=O)OCCCCCCCCCCCCCCCC. The van der Waals surface area contributed by atoms with Gasteiger partial charge in [-0.3, -0.25) is 4.79 Å². The van der Waals surface area contributed by atoms with Gasteiger partial charge in [-0.05, 0) is 12.8 Å². The highest BCUT2D eigenvalue weighted by Crippen LogP contribution is 2.18. The summed E-state index contributed by atoms with van der Waals surface area (Å²) in [6, 6.07) is 0. The average Bonchev–Trinajstić information content (AvgIpc) is 3.19. The van der Waals surface area contributed by atoms with Gasteiger partial charge in [-0.2, -0.15) is 0 Å². The quantitative estimate of drug-likeness (QED) is 0.0454. The summed E-state index contributed by atoms with van der Waals surface area (Å²) in [6.45, 7) is 5.24. The average molecular weight is 775 g/mol. The maximum Gasteiger partial charge on any atom is 0.305 e. The lowest BCUT2D eigenvalue weighted by Gasteiger charge is -2.06. The van der Waals surface area contributed by atoms with Crippen molar-refractivity contribution in [3.8, 4) is 0 Å². The minimum absolute atomic E-state index is 0.0330. The van der Waals surface area contributed by atoms with Crippen molar-refractivity contribution in [1.29, 1.82) is 0 Å². The first-order chi connectivity index (χ1) is 27.3. The lowest BCUT2D eigenvalue weighted by atomic mass is 10.0. The van der Waals surface area contributed by atoms with Crippen molar-refractivity contribution < 1.29 is 9.53 Å². The highest BCUT2D eigenvalue weighted by molar-refractivity contribution is 5.69. The Morgan fingerprint density at radius 3 is 0.600 bits per heavy atom. The molecule has 2 nitrogen and oxygen atoms in total. The van der Waals surface area contributed by atoms with Crippen molar-refractivity contribution in [3.63, 3.8) is 0 Å². The number of carbonyl (C=O) groups is 1. The van der Waals surface area contributed by atoms with Crippen molar-refractivity contribution in [2.45, 2.75) is 328 Å². The highest BCUT2D eigenvalue weighted by Gasteiger charge is 2.03. The van der Waals surface area contributed by atoms with Crippen LogP contribution >= 0.6 is 0 Å². The Labute approximate surface area is 349 Å². The monoisotopic (exact) mass is 775 g/mol. The second kappa shape index (κ2) is 51.5.